The number of halogens is 3. The largest absolute Gasteiger partial charge is 0.350 e. The molecule has 3 aromatic rings. The van der Waals surface area contributed by atoms with Crippen molar-refractivity contribution in [3.8, 4) is 5.69 Å². The predicted octanol–water partition coefficient (Wildman–Crippen LogP) is 3.75. The third-order valence-electron chi connectivity index (χ3n) is 4.93. The Morgan fingerprint density at radius 1 is 1.04 bits per heavy atom. The first-order valence-corrected chi connectivity index (χ1v) is 9.12. The minimum Gasteiger partial charge on any atom is -0.350 e. The molecule has 1 amide bonds. The van der Waals surface area contributed by atoms with Crippen LogP contribution in [0.4, 0.5) is 13.2 Å². The zero-order valence-corrected chi connectivity index (χ0v) is 15.0. The number of rotatable bonds is 5. The molecule has 0 atom stereocenters. The highest BCUT2D eigenvalue weighted by molar-refractivity contribution is 5.94. The molecule has 1 N–H and O–H groups in total. The van der Waals surface area contributed by atoms with Crippen molar-refractivity contribution >= 4 is 5.91 Å². The Labute approximate surface area is 160 Å². The third-order valence-corrected chi connectivity index (χ3v) is 4.93. The van der Waals surface area contributed by atoms with Crippen LogP contribution < -0.4 is 5.32 Å². The second-order valence-electron chi connectivity index (χ2n) is 6.73. The van der Waals surface area contributed by atoms with Gasteiger partial charge in [0.15, 0.2) is 17.3 Å². The molecule has 1 heterocycles. The average molecular weight is 385 g/mol. The van der Waals surface area contributed by atoms with Crippen molar-refractivity contribution < 1.29 is 18.0 Å². The highest BCUT2D eigenvalue weighted by atomic mass is 19.2. The summed E-state index contributed by atoms with van der Waals surface area (Å²) in [7, 11) is 0. The van der Waals surface area contributed by atoms with Gasteiger partial charge in [-0.3, -0.25) is 4.79 Å². The van der Waals surface area contributed by atoms with Gasteiger partial charge in [0.05, 0.1) is 5.69 Å². The molecular weight excluding hydrogens is 367 g/mol. The quantitative estimate of drug-likeness (QED) is 0.727. The SMILES string of the molecule is O=C(NCCc1ccccc1F)c1nn(-c2ccc(F)c(F)c2)c2c1CCC2. The van der Waals surface area contributed by atoms with Crippen molar-refractivity contribution in [2.24, 2.45) is 0 Å². The molecule has 2 aromatic carbocycles. The first-order chi connectivity index (χ1) is 13.5. The van der Waals surface area contributed by atoms with Crippen molar-refractivity contribution in [3.63, 3.8) is 0 Å². The van der Waals surface area contributed by atoms with Gasteiger partial charge in [-0.2, -0.15) is 5.10 Å². The first-order valence-electron chi connectivity index (χ1n) is 9.12. The lowest BCUT2D eigenvalue weighted by atomic mass is 10.1. The second kappa shape index (κ2) is 7.50. The Balaban J connectivity index is 1.54. The van der Waals surface area contributed by atoms with Gasteiger partial charge in [-0.05, 0) is 49.4 Å². The smallest absolute Gasteiger partial charge is 0.272 e. The maximum atomic E-state index is 13.7. The lowest BCUT2D eigenvalue weighted by Crippen LogP contribution is -2.27. The molecule has 4 nitrogen and oxygen atoms in total. The van der Waals surface area contributed by atoms with Gasteiger partial charge in [-0.25, -0.2) is 17.9 Å². The highest BCUT2D eigenvalue weighted by Crippen LogP contribution is 2.28. The number of carbonyl (C=O) groups is 1. The molecule has 0 spiro atoms. The van der Waals surface area contributed by atoms with Crippen molar-refractivity contribution in [2.45, 2.75) is 25.7 Å². The van der Waals surface area contributed by atoms with Gasteiger partial charge in [-0.15, -0.1) is 0 Å². The van der Waals surface area contributed by atoms with E-state index >= 15 is 0 Å². The fraction of sp³-hybridized carbons (Fsp3) is 0.238. The van der Waals surface area contributed by atoms with Crippen molar-refractivity contribution in [1.82, 2.24) is 15.1 Å². The number of hydrogen-bond donors (Lipinski definition) is 1. The van der Waals surface area contributed by atoms with E-state index in [1.807, 2.05) is 0 Å². The fourth-order valence-electron chi connectivity index (χ4n) is 3.55. The maximum absolute atomic E-state index is 13.7. The van der Waals surface area contributed by atoms with Crippen LogP contribution in [-0.4, -0.2) is 22.2 Å². The molecule has 1 aromatic heterocycles. The summed E-state index contributed by atoms with van der Waals surface area (Å²) >= 11 is 0. The summed E-state index contributed by atoms with van der Waals surface area (Å²) in [5, 5.41) is 7.13. The number of fused-ring (bicyclic) bond motifs is 1. The summed E-state index contributed by atoms with van der Waals surface area (Å²) in [4.78, 5) is 12.6. The highest BCUT2D eigenvalue weighted by Gasteiger charge is 2.27. The number of carbonyl (C=O) groups excluding carboxylic acids is 1. The van der Waals surface area contributed by atoms with Crippen LogP contribution in [0, 0.1) is 17.5 Å². The Morgan fingerprint density at radius 3 is 2.64 bits per heavy atom. The van der Waals surface area contributed by atoms with Gasteiger partial charge in [0.25, 0.3) is 5.91 Å². The first kappa shape index (κ1) is 18.3. The van der Waals surface area contributed by atoms with Crippen LogP contribution in [0.25, 0.3) is 5.69 Å². The van der Waals surface area contributed by atoms with E-state index in [2.05, 4.69) is 10.4 Å². The molecule has 0 fully saturated rings. The van der Waals surface area contributed by atoms with E-state index in [4.69, 9.17) is 0 Å². The number of hydrogen-bond acceptors (Lipinski definition) is 2. The number of benzene rings is 2. The minimum absolute atomic E-state index is 0.270. The summed E-state index contributed by atoms with van der Waals surface area (Å²) in [5.74, 6) is -2.55. The number of nitrogens with one attached hydrogen (secondary N) is 1. The van der Waals surface area contributed by atoms with Crippen molar-refractivity contribution in [2.75, 3.05) is 6.54 Å². The van der Waals surface area contributed by atoms with Crippen molar-refractivity contribution in [1.29, 1.82) is 0 Å². The Kier molecular flexibility index (Phi) is 4.90. The number of nitrogens with zero attached hydrogens (tertiary/aromatic N) is 2. The van der Waals surface area contributed by atoms with E-state index in [-0.39, 0.29) is 24.0 Å². The summed E-state index contributed by atoms with van der Waals surface area (Å²) in [5.41, 5.74) is 2.85. The Morgan fingerprint density at radius 2 is 1.86 bits per heavy atom. The molecule has 144 valence electrons. The zero-order chi connectivity index (χ0) is 19.7. The van der Waals surface area contributed by atoms with Crippen LogP contribution in [0.1, 0.15) is 33.7 Å². The van der Waals surface area contributed by atoms with Crippen LogP contribution in [0.2, 0.25) is 0 Å². The summed E-state index contributed by atoms with van der Waals surface area (Å²) in [6.45, 7) is 0.270. The third kappa shape index (κ3) is 3.40. The number of aromatic nitrogens is 2. The lowest BCUT2D eigenvalue weighted by Gasteiger charge is -2.06. The summed E-state index contributed by atoms with van der Waals surface area (Å²) in [6, 6.07) is 9.97. The molecule has 0 radical (unpaired) electrons. The molecule has 1 aliphatic rings. The summed E-state index contributed by atoms with van der Waals surface area (Å²) < 4.78 is 42.0. The normalized spacial score (nSPS) is 12.8. The Bertz CT molecular complexity index is 1050. The van der Waals surface area contributed by atoms with Gasteiger partial charge in [0, 0.05) is 23.9 Å². The van der Waals surface area contributed by atoms with E-state index in [1.165, 1.54) is 16.8 Å². The van der Waals surface area contributed by atoms with E-state index in [0.717, 1.165) is 29.8 Å². The minimum atomic E-state index is -0.962. The molecule has 0 saturated carbocycles. The van der Waals surface area contributed by atoms with E-state index in [1.54, 1.807) is 18.2 Å². The molecule has 0 saturated heterocycles. The van der Waals surface area contributed by atoms with E-state index in [9.17, 15) is 18.0 Å². The monoisotopic (exact) mass is 385 g/mol. The molecule has 28 heavy (non-hydrogen) atoms. The molecule has 7 heteroatoms. The maximum Gasteiger partial charge on any atom is 0.272 e. The second-order valence-corrected chi connectivity index (χ2v) is 6.73. The van der Waals surface area contributed by atoms with Crippen LogP contribution in [0.5, 0.6) is 0 Å². The van der Waals surface area contributed by atoms with Gasteiger partial charge < -0.3 is 5.32 Å². The van der Waals surface area contributed by atoms with E-state index < -0.39 is 11.6 Å². The topological polar surface area (TPSA) is 46.9 Å². The molecule has 0 aliphatic heterocycles. The standard InChI is InChI=1S/C21H18F3N3O/c22-16-6-2-1-4-13(16)10-11-25-21(28)20-15-5-3-7-19(15)27(26-20)14-8-9-17(23)18(24)12-14/h1-2,4,6,8-9,12H,3,5,7,10-11H2,(H,25,28). The average Bonchev–Trinajstić information content (AvgIpc) is 3.28. The molecule has 0 unspecified atom stereocenters. The van der Waals surface area contributed by atoms with Gasteiger partial charge in [0.2, 0.25) is 0 Å². The Hall–Kier alpha value is -3.09. The molecule has 0 bridgehead atoms. The van der Waals surface area contributed by atoms with Gasteiger partial charge in [-0.1, -0.05) is 18.2 Å². The zero-order valence-electron chi connectivity index (χ0n) is 15.0. The van der Waals surface area contributed by atoms with Crippen molar-refractivity contribution in [3.05, 3.63) is 82.4 Å². The van der Waals surface area contributed by atoms with Gasteiger partial charge in [0.1, 0.15) is 5.82 Å². The summed E-state index contributed by atoms with van der Waals surface area (Å²) in [6.07, 6.45) is 2.65. The fourth-order valence-corrected chi connectivity index (χ4v) is 3.55. The van der Waals surface area contributed by atoms with E-state index in [0.29, 0.717) is 30.5 Å². The predicted molar refractivity (Wildman–Crippen MR) is 97.9 cm³/mol. The van der Waals surface area contributed by atoms with Crippen LogP contribution in [0.15, 0.2) is 42.5 Å². The molecular formula is C21H18F3N3O. The molecule has 1 aliphatic carbocycles. The van der Waals surface area contributed by atoms with Crippen LogP contribution in [0.3, 0.4) is 0 Å². The van der Waals surface area contributed by atoms with Gasteiger partial charge >= 0.3 is 0 Å². The van der Waals surface area contributed by atoms with Crippen LogP contribution >= 0.6 is 0 Å². The molecule has 4 rings (SSSR count). The lowest BCUT2D eigenvalue weighted by molar-refractivity contribution is 0.0947. The number of amides is 1. The van der Waals surface area contributed by atoms with Crippen LogP contribution in [-0.2, 0) is 19.3 Å².